The molecule has 1 amide bonds. The first-order valence-corrected chi connectivity index (χ1v) is 8.15. The van der Waals surface area contributed by atoms with E-state index in [0.717, 1.165) is 34.6 Å². The van der Waals surface area contributed by atoms with E-state index >= 15 is 0 Å². The fraction of sp³-hybridized carbons (Fsp3) is 0.263. The molecule has 1 heterocycles. The maximum Gasteiger partial charge on any atom is 0.247 e. The Bertz CT molecular complexity index is 723. The summed E-state index contributed by atoms with van der Waals surface area (Å²) in [6.07, 6.45) is 9.15. The van der Waals surface area contributed by atoms with Gasteiger partial charge in [0, 0.05) is 36.1 Å². The molecule has 1 aliphatic rings. The van der Waals surface area contributed by atoms with Crippen molar-refractivity contribution in [1.82, 2.24) is 9.88 Å². The fourth-order valence-corrected chi connectivity index (χ4v) is 2.62. The molecule has 0 bridgehead atoms. The number of hydrogen-bond acceptors (Lipinski definition) is 2. The third-order valence-electron chi connectivity index (χ3n) is 3.99. The van der Waals surface area contributed by atoms with Gasteiger partial charge in [0.15, 0.2) is 0 Å². The van der Waals surface area contributed by atoms with E-state index in [-0.39, 0.29) is 5.91 Å². The number of aryl methyl sites for hydroxylation is 1. The molecule has 118 valence electrons. The average molecular weight is 327 g/mol. The average Bonchev–Trinajstić information content (AvgIpc) is 3.39. The predicted octanol–water partition coefficient (Wildman–Crippen LogP) is 4.25. The van der Waals surface area contributed by atoms with E-state index in [1.165, 1.54) is 0 Å². The summed E-state index contributed by atoms with van der Waals surface area (Å²) in [5.41, 5.74) is 3.08. The maximum absolute atomic E-state index is 12.5. The molecule has 3 nitrogen and oxygen atoms in total. The zero-order chi connectivity index (χ0) is 16.2. The Morgan fingerprint density at radius 3 is 2.70 bits per heavy atom. The second-order valence-corrected chi connectivity index (χ2v) is 6.30. The predicted molar refractivity (Wildman–Crippen MR) is 93.0 cm³/mol. The molecule has 0 saturated heterocycles. The fourth-order valence-electron chi connectivity index (χ4n) is 2.43. The Kier molecular flexibility index (Phi) is 4.77. The number of amides is 1. The van der Waals surface area contributed by atoms with Gasteiger partial charge in [0.1, 0.15) is 0 Å². The van der Waals surface area contributed by atoms with E-state index in [1.807, 2.05) is 48.2 Å². The second kappa shape index (κ2) is 6.97. The van der Waals surface area contributed by atoms with E-state index in [1.54, 1.807) is 18.5 Å². The third kappa shape index (κ3) is 4.20. The minimum absolute atomic E-state index is 0.0426. The minimum atomic E-state index is 0.0426. The topological polar surface area (TPSA) is 33.2 Å². The molecule has 3 rings (SSSR count). The molecule has 1 aliphatic carbocycles. The first kappa shape index (κ1) is 15.8. The SMILES string of the molecule is Cc1ccc(/C=C/C(=O)N(Cc2ccncc2)C2CC2)cc1Cl. The molecule has 0 atom stereocenters. The molecule has 0 aliphatic heterocycles. The third-order valence-corrected chi connectivity index (χ3v) is 4.39. The van der Waals surface area contributed by atoms with Crippen LogP contribution in [-0.4, -0.2) is 21.8 Å². The lowest BCUT2D eigenvalue weighted by atomic mass is 10.1. The molecule has 0 N–H and O–H groups in total. The number of nitrogens with zero attached hydrogens (tertiary/aromatic N) is 2. The summed E-state index contributed by atoms with van der Waals surface area (Å²) < 4.78 is 0. The van der Waals surface area contributed by atoms with Gasteiger partial charge in [-0.2, -0.15) is 0 Å². The Balaban J connectivity index is 1.71. The summed E-state index contributed by atoms with van der Waals surface area (Å²) in [5.74, 6) is 0.0426. The van der Waals surface area contributed by atoms with Gasteiger partial charge in [-0.15, -0.1) is 0 Å². The lowest BCUT2D eigenvalue weighted by Crippen LogP contribution is -2.31. The lowest BCUT2D eigenvalue weighted by Gasteiger charge is -2.20. The standard InChI is InChI=1S/C19H19ClN2O/c1-14-2-3-15(12-18(14)20)4-7-19(23)22(17-5-6-17)13-16-8-10-21-11-9-16/h2-4,7-12,17H,5-6,13H2,1H3/b7-4+. The molecule has 0 unspecified atom stereocenters. The van der Waals surface area contributed by atoms with Gasteiger partial charge >= 0.3 is 0 Å². The van der Waals surface area contributed by atoms with E-state index in [2.05, 4.69) is 4.98 Å². The second-order valence-electron chi connectivity index (χ2n) is 5.89. The summed E-state index contributed by atoms with van der Waals surface area (Å²) in [7, 11) is 0. The molecule has 0 spiro atoms. The summed E-state index contributed by atoms with van der Waals surface area (Å²) in [6.45, 7) is 2.59. The molecule has 1 aromatic heterocycles. The van der Waals surface area contributed by atoms with Gasteiger partial charge in [-0.25, -0.2) is 0 Å². The van der Waals surface area contributed by atoms with E-state index < -0.39 is 0 Å². The van der Waals surface area contributed by atoms with Crippen molar-refractivity contribution >= 4 is 23.6 Å². The zero-order valence-corrected chi connectivity index (χ0v) is 13.8. The largest absolute Gasteiger partial charge is 0.332 e. The highest BCUT2D eigenvalue weighted by Gasteiger charge is 2.31. The van der Waals surface area contributed by atoms with Gasteiger partial charge in [-0.05, 0) is 60.7 Å². The van der Waals surface area contributed by atoms with Crippen molar-refractivity contribution < 1.29 is 4.79 Å². The Morgan fingerprint density at radius 2 is 2.04 bits per heavy atom. The molecule has 1 fully saturated rings. The first-order valence-electron chi connectivity index (χ1n) is 7.77. The van der Waals surface area contributed by atoms with Crippen LogP contribution in [0.1, 0.15) is 29.5 Å². The Labute approximate surface area is 141 Å². The number of aromatic nitrogens is 1. The van der Waals surface area contributed by atoms with Gasteiger partial charge in [-0.1, -0.05) is 23.7 Å². The van der Waals surface area contributed by atoms with E-state index in [4.69, 9.17) is 11.6 Å². The highest BCUT2D eigenvalue weighted by molar-refractivity contribution is 6.31. The van der Waals surface area contributed by atoms with Crippen LogP contribution in [-0.2, 0) is 11.3 Å². The summed E-state index contributed by atoms with van der Waals surface area (Å²) in [5, 5.41) is 0.718. The molecule has 23 heavy (non-hydrogen) atoms. The normalized spacial score (nSPS) is 14.2. The Morgan fingerprint density at radius 1 is 1.30 bits per heavy atom. The summed E-state index contributed by atoms with van der Waals surface area (Å²) >= 11 is 6.12. The number of benzene rings is 1. The van der Waals surface area contributed by atoms with Crippen LogP contribution in [0.3, 0.4) is 0 Å². The van der Waals surface area contributed by atoms with Crippen LogP contribution in [0.5, 0.6) is 0 Å². The zero-order valence-electron chi connectivity index (χ0n) is 13.1. The number of halogens is 1. The number of carbonyl (C=O) groups excluding carboxylic acids is 1. The van der Waals surface area contributed by atoms with Gasteiger partial charge < -0.3 is 4.90 Å². The molecular weight excluding hydrogens is 308 g/mol. The molecule has 4 heteroatoms. The minimum Gasteiger partial charge on any atom is -0.332 e. The van der Waals surface area contributed by atoms with E-state index in [9.17, 15) is 4.79 Å². The van der Waals surface area contributed by atoms with Crippen LogP contribution in [0, 0.1) is 6.92 Å². The van der Waals surface area contributed by atoms with Crippen molar-refractivity contribution in [3.8, 4) is 0 Å². The van der Waals surface area contributed by atoms with Crippen LogP contribution < -0.4 is 0 Å². The number of hydrogen-bond donors (Lipinski definition) is 0. The van der Waals surface area contributed by atoms with Crippen LogP contribution in [0.2, 0.25) is 5.02 Å². The van der Waals surface area contributed by atoms with Crippen molar-refractivity contribution in [3.05, 3.63) is 70.5 Å². The van der Waals surface area contributed by atoms with E-state index in [0.29, 0.717) is 12.6 Å². The molecule has 1 saturated carbocycles. The van der Waals surface area contributed by atoms with Gasteiger partial charge in [0.25, 0.3) is 0 Å². The van der Waals surface area contributed by atoms with Gasteiger partial charge in [-0.3, -0.25) is 9.78 Å². The van der Waals surface area contributed by atoms with Crippen molar-refractivity contribution in [2.24, 2.45) is 0 Å². The quantitative estimate of drug-likeness (QED) is 0.770. The van der Waals surface area contributed by atoms with Crippen molar-refractivity contribution in [1.29, 1.82) is 0 Å². The van der Waals surface area contributed by atoms with Gasteiger partial charge in [0.2, 0.25) is 5.91 Å². The lowest BCUT2D eigenvalue weighted by molar-refractivity contribution is -0.127. The van der Waals surface area contributed by atoms with Crippen molar-refractivity contribution in [2.75, 3.05) is 0 Å². The van der Waals surface area contributed by atoms with Crippen molar-refractivity contribution in [3.63, 3.8) is 0 Å². The number of rotatable bonds is 5. The number of carbonyl (C=O) groups is 1. The van der Waals surface area contributed by atoms with Crippen LogP contribution >= 0.6 is 11.6 Å². The summed E-state index contributed by atoms with van der Waals surface area (Å²) in [4.78, 5) is 18.5. The Hall–Kier alpha value is -2.13. The molecule has 0 radical (unpaired) electrons. The van der Waals surface area contributed by atoms with Gasteiger partial charge in [0.05, 0.1) is 0 Å². The number of pyridine rings is 1. The molecular formula is C19H19ClN2O. The monoisotopic (exact) mass is 326 g/mol. The summed E-state index contributed by atoms with van der Waals surface area (Å²) in [6, 6.07) is 10.1. The highest BCUT2D eigenvalue weighted by atomic mass is 35.5. The maximum atomic E-state index is 12.5. The van der Waals surface area contributed by atoms with Crippen molar-refractivity contribution in [2.45, 2.75) is 32.4 Å². The molecule has 1 aromatic carbocycles. The van der Waals surface area contributed by atoms with Crippen LogP contribution in [0.15, 0.2) is 48.8 Å². The smallest absolute Gasteiger partial charge is 0.247 e. The first-order chi connectivity index (χ1) is 11.1. The highest BCUT2D eigenvalue weighted by Crippen LogP contribution is 2.28. The van der Waals surface area contributed by atoms with Crippen LogP contribution in [0.25, 0.3) is 6.08 Å². The van der Waals surface area contributed by atoms with Crippen LogP contribution in [0.4, 0.5) is 0 Å². The molecule has 2 aromatic rings.